The molecule has 6 nitrogen and oxygen atoms in total. The van der Waals surface area contributed by atoms with Crippen LogP contribution in [0.25, 0.3) is 0 Å². The first-order chi connectivity index (χ1) is 11.9. The van der Waals surface area contributed by atoms with Gasteiger partial charge in [-0.2, -0.15) is 0 Å². The standard InChI is InChI=1S/C19H26N2O4/c1-12(2)9-16(22)10-20-19(23)15-5-7-17(8-6-15)24-11-18-13(3)21-25-14(18)4/h5-8,12,16,22H,9-11H2,1-4H3,(H,20,23). The van der Waals surface area contributed by atoms with Gasteiger partial charge in [0.25, 0.3) is 5.91 Å². The first-order valence-corrected chi connectivity index (χ1v) is 8.47. The minimum Gasteiger partial charge on any atom is -0.489 e. The molecule has 0 aliphatic heterocycles. The van der Waals surface area contributed by atoms with Crippen molar-refractivity contribution in [1.82, 2.24) is 10.5 Å². The number of rotatable bonds is 8. The van der Waals surface area contributed by atoms with Gasteiger partial charge in [-0.1, -0.05) is 19.0 Å². The van der Waals surface area contributed by atoms with Gasteiger partial charge in [0.15, 0.2) is 0 Å². The van der Waals surface area contributed by atoms with Crippen LogP contribution in [-0.4, -0.2) is 28.8 Å². The van der Waals surface area contributed by atoms with Crippen LogP contribution < -0.4 is 10.1 Å². The third kappa shape index (κ3) is 5.60. The lowest BCUT2D eigenvalue weighted by molar-refractivity contribution is 0.0900. The summed E-state index contributed by atoms with van der Waals surface area (Å²) in [7, 11) is 0. The second-order valence-corrected chi connectivity index (χ2v) is 6.61. The summed E-state index contributed by atoms with van der Waals surface area (Å²) in [6, 6.07) is 6.90. The average Bonchev–Trinajstić information content (AvgIpc) is 2.89. The highest BCUT2D eigenvalue weighted by Crippen LogP contribution is 2.18. The lowest BCUT2D eigenvalue weighted by atomic mass is 10.1. The maximum absolute atomic E-state index is 12.1. The second-order valence-electron chi connectivity index (χ2n) is 6.61. The van der Waals surface area contributed by atoms with E-state index in [2.05, 4.69) is 10.5 Å². The Labute approximate surface area is 148 Å². The molecular weight excluding hydrogens is 320 g/mol. The van der Waals surface area contributed by atoms with E-state index in [1.165, 1.54) is 0 Å². The molecule has 1 heterocycles. The third-order valence-corrected chi connectivity index (χ3v) is 3.92. The molecule has 0 aliphatic carbocycles. The van der Waals surface area contributed by atoms with E-state index in [1.807, 2.05) is 27.7 Å². The first kappa shape index (κ1) is 19.0. The van der Waals surface area contributed by atoms with Crippen molar-refractivity contribution in [2.75, 3.05) is 6.54 Å². The van der Waals surface area contributed by atoms with E-state index in [-0.39, 0.29) is 12.5 Å². The Bertz CT molecular complexity index is 672. The maximum Gasteiger partial charge on any atom is 0.251 e. The van der Waals surface area contributed by atoms with Gasteiger partial charge in [-0.3, -0.25) is 4.79 Å². The van der Waals surface area contributed by atoms with E-state index in [1.54, 1.807) is 24.3 Å². The second kappa shape index (κ2) is 8.67. The van der Waals surface area contributed by atoms with Crippen LogP contribution in [-0.2, 0) is 6.61 Å². The van der Waals surface area contributed by atoms with Crippen LogP contribution in [0.15, 0.2) is 28.8 Å². The fourth-order valence-electron chi connectivity index (χ4n) is 2.51. The van der Waals surface area contributed by atoms with Crippen LogP contribution in [0.5, 0.6) is 5.75 Å². The highest BCUT2D eigenvalue weighted by molar-refractivity contribution is 5.94. The number of aryl methyl sites for hydroxylation is 2. The number of hydrogen-bond donors (Lipinski definition) is 2. The van der Waals surface area contributed by atoms with E-state index in [0.717, 1.165) is 17.0 Å². The molecule has 1 amide bonds. The Balaban J connectivity index is 1.85. The zero-order chi connectivity index (χ0) is 18.4. The van der Waals surface area contributed by atoms with E-state index < -0.39 is 6.10 Å². The summed E-state index contributed by atoms with van der Waals surface area (Å²) in [5.74, 6) is 1.59. The fraction of sp³-hybridized carbons (Fsp3) is 0.474. The first-order valence-electron chi connectivity index (χ1n) is 8.47. The molecule has 0 radical (unpaired) electrons. The predicted molar refractivity (Wildman–Crippen MR) is 94.5 cm³/mol. The molecule has 1 unspecified atom stereocenters. The van der Waals surface area contributed by atoms with Crippen LogP contribution in [0, 0.1) is 19.8 Å². The van der Waals surface area contributed by atoms with Crippen molar-refractivity contribution in [2.24, 2.45) is 5.92 Å². The summed E-state index contributed by atoms with van der Waals surface area (Å²) in [4.78, 5) is 12.1. The molecule has 1 aromatic carbocycles. The molecule has 6 heteroatoms. The van der Waals surface area contributed by atoms with Gasteiger partial charge in [0, 0.05) is 12.1 Å². The summed E-state index contributed by atoms with van der Waals surface area (Å²) in [6.07, 6.45) is 0.135. The molecule has 1 atom stereocenters. The monoisotopic (exact) mass is 346 g/mol. The van der Waals surface area contributed by atoms with Crippen LogP contribution in [0.2, 0.25) is 0 Å². The number of ether oxygens (including phenoxy) is 1. The van der Waals surface area contributed by atoms with Gasteiger partial charge >= 0.3 is 0 Å². The number of hydrogen-bond acceptors (Lipinski definition) is 5. The molecule has 0 bridgehead atoms. The summed E-state index contributed by atoms with van der Waals surface area (Å²) in [6.45, 7) is 8.41. The molecule has 0 aliphatic rings. The molecular formula is C19H26N2O4. The van der Waals surface area contributed by atoms with E-state index in [9.17, 15) is 9.90 Å². The molecule has 0 spiro atoms. The largest absolute Gasteiger partial charge is 0.489 e. The number of aliphatic hydroxyl groups is 1. The van der Waals surface area contributed by atoms with Gasteiger partial charge in [0.2, 0.25) is 0 Å². The molecule has 0 saturated carbocycles. The van der Waals surface area contributed by atoms with E-state index in [0.29, 0.717) is 30.3 Å². The highest BCUT2D eigenvalue weighted by Gasteiger charge is 2.12. The predicted octanol–water partition coefficient (Wildman–Crippen LogP) is 3.01. The van der Waals surface area contributed by atoms with Crippen LogP contribution >= 0.6 is 0 Å². The Morgan fingerprint density at radius 2 is 1.96 bits per heavy atom. The number of nitrogens with one attached hydrogen (secondary N) is 1. The SMILES string of the molecule is Cc1noc(C)c1COc1ccc(C(=O)NCC(O)CC(C)C)cc1. The lowest BCUT2D eigenvalue weighted by Gasteiger charge is -2.14. The summed E-state index contributed by atoms with van der Waals surface area (Å²) in [5, 5.41) is 16.4. The number of amides is 1. The van der Waals surface area contributed by atoms with Gasteiger partial charge in [-0.05, 0) is 50.5 Å². The summed E-state index contributed by atoms with van der Waals surface area (Å²) in [5.41, 5.74) is 2.27. The topological polar surface area (TPSA) is 84.6 Å². The smallest absolute Gasteiger partial charge is 0.251 e. The van der Waals surface area contributed by atoms with E-state index >= 15 is 0 Å². The number of benzene rings is 1. The Morgan fingerprint density at radius 3 is 2.52 bits per heavy atom. The molecule has 0 fully saturated rings. The van der Waals surface area contributed by atoms with Crippen molar-refractivity contribution in [1.29, 1.82) is 0 Å². The Kier molecular flexibility index (Phi) is 6.58. The average molecular weight is 346 g/mol. The molecule has 136 valence electrons. The van der Waals surface area contributed by atoms with Gasteiger partial charge in [-0.15, -0.1) is 0 Å². The lowest BCUT2D eigenvalue weighted by Crippen LogP contribution is -2.32. The third-order valence-electron chi connectivity index (χ3n) is 3.92. The van der Waals surface area contributed by atoms with Gasteiger partial charge in [-0.25, -0.2) is 0 Å². The number of carbonyl (C=O) groups is 1. The Morgan fingerprint density at radius 1 is 1.28 bits per heavy atom. The number of carbonyl (C=O) groups excluding carboxylic acids is 1. The van der Waals surface area contributed by atoms with Crippen molar-refractivity contribution in [2.45, 2.75) is 46.8 Å². The van der Waals surface area contributed by atoms with Gasteiger partial charge in [0.05, 0.1) is 17.4 Å². The normalized spacial score (nSPS) is 12.2. The summed E-state index contributed by atoms with van der Waals surface area (Å²) < 4.78 is 10.8. The molecule has 0 saturated heterocycles. The van der Waals surface area contributed by atoms with Crippen LogP contribution in [0.1, 0.15) is 47.6 Å². The zero-order valence-electron chi connectivity index (χ0n) is 15.2. The van der Waals surface area contributed by atoms with Crippen molar-refractivity contribution in [3.05, 3.63) is 46.8 Å². The maximum atomic E-state index is 12.1. The van der Waals surface area contributed by atoms with Crippen molar-refractivity contribution in [3.8, 4) is 5.75 Å². The molecule has 25 heavy (non-hydrogen) atoms. The minimum absolute atomic E-state index is 0.208. The molecule has 2 rings (SSSR count). The summed E-state index contributed by atoms with van der Waals surface area (Å²) >= 11 is 0. The molecule has 1 aromatic heterocycles. The van der Waals surface area contributed by atoms with Gasteiger partial charge < -0.3 is 19.7 Å². The highest BCUT2D eigenvalue weighted by atomic mass is 16.5. The molecule has 2 aromatic rings. The van der Waals surface area contributed by atoms with Crippen molar-refractivity contribution >= 4 is 5.91 Å². The Hall–Kier alpha value is -2.34. The minimum atomic E-state index is -0.526. The zero-order valence-corrected chi connectivity index (χ0v) is 15.2. The van der Waals surface area contributed by atoms with Crippen LogP contribution in [0.3, 0.4) is 0 Å². The van der Waals surface area contributed by atoms with E-state index in [4.69, 9.17) is 9.26 Å². The number of aliphatic hydroxyl groups excluding tert-OH is 1. The fourth-order valence-corrected chi connectivity index (χ4v) is 2.51. The quantitative estimate of drug-likeness (QED) is 0.767. The molecule has 2 N–H and O–H groups in total. The van der Waals surface area contributed by atoms with Gasteiger partial charge in [0.1, 0.15) is 18.1 Å². The number of aromatic nitrogens is 1. The number of nitrogens with zero attached hydrogens (tertiary/aromatic N) is 1. The van der Waals surface area contributed by atoms with Crippen LogP contribution in [0.4, 0.5) is 0 Å². The van der Waals surface area contributed by atoms with Crippen molar-refractivity contribution in [3.63, 3.8) is 0 Å². The van der Waals surface area contributed by atoms with Crippen molar-refractivity contribution < 1.29 is 19.2 Å².